The number of anilines is 1. The number of carbonyl (C=O) groups is 1. The van der Waals surface area contributed by atoms with E-state index in [2.05, 4.69) is 5.32 Å². The fourth-order valence-electron chi connectivity index (χ4n) is 1.99. The molecule has 0 amide bonds. The third-order valence-corrected chi connectivity index (χ3v) is 2.88. The third kappa shape index (κ3) is 2.29. The zero-order valence-electron chi connectivity index (χ0n) is 9.59. The second kappa shape index (κ2) is 4.79. The van der Waals surface area contributed by atoms with Crippen molar-refractivity contribution >= 4 is 11.5 Å². The van der Waals surface area contributed by atoms with Gasteiger partial charge in [-0.05, 0) is 19.1 Å². The molecule has 0 bridgehead atoms. The average molecular weight is 240 g/mol. The van der Waals surface area contributed by atoms with Crippen molar-refractivity contribution in [1.82, 2.24) is 5.32 Å². The molecule has 1 aromatic carbocycles. The molecule has 1 saturated heterocycles. The van der Waals surface area contributed by atoms with Gasteiger partial charge in [0, 0.05) is 26.2 Å². The van der Waals surface area contributed by atoms with Crippen LogP contribution < -0.4 is 10.2 Å². The highest BCUT2D eigenvalue weighted by Gasteiger charge is 2.22. The molecule has 1 aromatic rings. The Morgan fingerprint density at radius 2 is 1.94 bits per heavy atom. The van der Waals surface area contributed by atoms with Crippen LogP contribution in [0.5, 0.6) is 0 Å². The summed E-state index contributed by atoms with van der Waals surface area (Å²) in [5.41, 5.74) is -0.140. The fraction of sp³-hybridized carbons (Fsp3) is 0.417. The average Bonchev–Trinajstić information content (AvgIpc) is 2.30. The van der Waals surface area contributed by atoms with Crippen LogP contribution in [0.2, 0.25) is 0 Å². The van der Waals surface area contributed by atoms with Crippen LogP contribution in [0, 0.1) is 11.6 Å². The van der Waals surface area contributed by atoms with Gasteiger partial charge in [-0.3, -0.25) is 4.79 Å². The van der Waals surface area contributed by atoms with Crippen molar-refractivity contribution in [1.29, 1.82) is 0 Å². The Labute approximate surface area is 98.4 Å². The molecular formula is C12H14F2N2O. The van der Waals surface area contributed by atoms with Crippen LogP contribution in [-0.4, -0.2) is 32.0 Å². The fourth-order valence-corrected chi connectivity index (χ4v) is 1.99. The number of halogens is 2. The molecule has 1 N–H and O–H groups in total. The molecule has 0 aliphatic carbocycles. The zero-order chi connectivity index (χ0) is 12.4. The van der Waals surface area contributed by atoms with E-state index in [4.69, 9.17) is 0 Å². The molecule has 1 aliphatic rings. The number of piperazine rings is 1. The first-order chi connectivity index (χ1) is 8.11. The van der Waals surface area contributed by atoms with E-state index in [1.807, 2.05) is 0 Å². The highest BCUT2D eigenvalue weighted by Crippen LogP contribution is 2.26. The van der Waals surface area contributed by atoms with Crippen LogP contribution in [0.4, 0.5) is 14.5 Å². The molecule has 0 saturated carbocycles. The van der Waals surface area contributed by atoms with Crippen LogP contribution in [0.1, 0.15) is 17.3 Å². The second-order valence-electron chi connectivity index (χ2n) is 4.05. The van der Waals surface area contributed by atoms with Gasteiger partial charge in [-0.1, -0.05) is 0 Å². The van der Waals surface area contributed by atoms with Gasteiger partial charge in [0.1, 0.15) is 11.5 Å². The van der Waals surface area contributed by atoms with E-state index in [1.54, 1.807) is 4.90 Å². The van der Waals surface area contributed by atoms with Crippen LogP contribution in [0.3, 0.4) is 0 Å². The summed E-state index contributed by atoms with van der Waals surface area (Å²) < 4.78 is 27.7. The predicted molar refractivity (Wildman–Crippen MR) is 61.4 cm³/mol. The van der Waals surface area contributed by atoms with Crippen molar-refractivity contribution < 1.29 is 13.6 Å². The molecule has 1 aliphatic heterocycles. The number of Topliss-reactive ketones (excluding diaryl/α,β-unsaturated/α-hetero) is 1. The maximum absolute atomic E-state index is 14.0. The lowest BCUT2D eigenvalue weighted by Gasteiger charge is -2.30. The Hall–Kier alpha value is -1.49. The number of hydrogen-bond acceptors (Lipinski definition) is 3. The molecule has 3 nitrogen and oxygen atoms in total. The van der Waals surface area contributed by atoms with Gasteiger partial charge >= 0.3 is 0 Å². The molecule has 0 atom stereocenters. The van der Waals surface area contributed by atoms with Gasteiger partial charge in [0.05, 0.1) is 5.56 Å². The summed E-state index contributed by atoms with van der Waals surface area (Å²) in [5, 5.41) is 3.11. The molecule has 0 spiro atoms. The van der Waals surface area contributed by atoms with E-state index in [1.165, 1.54) is 13.0 Å². The number of nitrogens with zero attached hydrogens (tertiary/aromatic N) is 1. The SMILES string of the molecule is CC(=O)c1ccc(F)c(N2CCNCC2)c1F. The number of rotatable bonds is 2. The van der Waals surface area contributed by atoms with Crippen LogP contribution >= 0.6 is 0 Å². The Bertz CT molecular complexity index is 442. The number of benzene rings is 1. The van der Waals surface area contributed by atoms with Crippen LogP contribution in [-0.2, 0) is 0 Å². The molecule has 17 heavy (non-hydrogen) atoms. The molecule has 0 unspecified atom stereocenters. The van der Waals surface area contributed by atoms with Crippen LogP contribution in [0.25, 0.3) is 0 Å². The minimum atomic E-state index is -0.751. The monoisotopic (exact) mass is 240 g/mol. The van der Waals surface area contributed by atoms with Crippen molar-refractivity contribution in [3.05, 3.63) is 29.3 Å². The molecule has 2 rings (SSSR count). The van der Waals surface area contributed by atoms with E-state index in [-0.39, 0.29) is 17.0 Å². The molecule has 1 fully saturated rings. The Morgan fingerprint density at radius 1 is 1.29 bits per heavy atom. The summed E-state index contributed by atoms with van der Waals surface area (Å²) in [6, 6.07) is 2.34. The highest BCUT2D eigenvalue weighted by molar-refractivity contribution is 5.95. The topological polar surface area (TPSA) is 32.3 Å². The number of hydrogen-bond donors (Lipinski definition) is 1. The molecule has 0 aromatic heterocycles. The molecule has 0 radical (unpaired) electrons. The summed E-state index contributed by atoms with van der Waals surface area (Å²) in [6.07, 6.45) is 0. The summed E-state index contributed by atoms with van der Waals surface area (Å²) >= 11 is 0. The third-order valence-electron chi connectivity index (χ3n) is 2.88. The first-order valence-corrected chi connectivity index (χ1v) is 5.56. The van der Waals surface area contributed by atoms with Crippen molar-refractivity contribution in [2.45, 2.75) is 6.92 Å². The maximum atomic E-state index is 14.0. The lowest BCUT2D eigenvalue weighted by molar-refractivity contribution is 0.101. The Morgan fingerprint density at radius 3 is 2.53 bits per heavy atom. The standard InChI is InChI=1S/C12H14F2N2O/c1-8(17)9-2-3-10(13)12(11(9)14)16-6-4-15-5-7-16/h2-3,15H,4-7H2,1H3. The van der Waals surface area contributed by atoms with Crippen molar-refractivity contribution in [2.75, 3.05) is 31.1 Å². The molecule has 5 heteroatoms. The lowest BCUT2D eigenvalue weighted by Crippen LogP contribution is -2.44. The van der Waals surface area contributed by atoms with Crippen molar-refractivity contribution in [3.63, 3.8) is 0 Å². The lowest BCUT2D eigenvalue weighted by atomic mass is 10.1. The van der Waals surface area contributed by atoms with E-state index >= 15 is 0 Å². The van der Waals surface area contributed by atoms with E-state index < -0.39 is 11.6 Å². The number of ketones is 1. The maximum Gasteiger partial charge on any atom is 0.162 e. The van der Waals surface area contributed by atoms with E-state index in [9.17, 15) is 13.6 Å². The number of carbonyl (C=O) groups excluding carboxylic acids is 1. The smallest absolute Gasteiger partial charge is 0.162 e. The largest absolute Gasteiger partial charge is 0.364 e. The van der Waals surface area contributed by atoms with Gasteiger partial charge in [-0.15, -0.1) is 0 Å². The Balaban J connectivity index is 2.43. The highest BCUT2D eigenvalue weighted by atomic mass is 19.1. The summed E-state index contributed by atoms with van der Waals surface area (Å²) in [6.45, 7) is 3.72. The minimum absolute atomic E-state index is 0.0556. The first kappa shape index (κ1) is 12.0. The predicted octanol–water partition coefficient (Wildman–Crippen LogP) is 1.58. The summed E-state index contributed by atoms with van der Waals surface area (Å²) in [5.74, 6) is -1.76. The van der Waals surface area contributed by atoms with E-state index in [0.29, 0.717) is 26.2 Å². The minimum Gasteiger partial charge on any atom is -0.364 e. The van der Waals surface area contributed by atoms with Gasteiger partial charge < -0.3 is 10.2 Å². The van der Waals surface area contributed by atoms with Gasteiger partial charge in [-0.2, -0.15) is 0 Å². The van der Waals surface area contributed by atoms with Crippen molar-refractivity contribution in [3.8, 4) is 0 Å². The van der Waals surface area contributed by atoms with Gasteiger partial charge in [0.15, 0.2) is 11.6 Å². The first-order valence-electron chi connectivity index (χ1n) is 5.56. The van der Waals surface area contributed by atoms with Gasteiger partial charge in [-0.25, -0.2) is 8.78 Å². The summed E-state index contributed by atoms with van der Waals surface area (Å²) in [7, 11) is 0. The van der Waals surface area contributed by atoms with Crippen molar-refractivity contribution in [2.24, 2.45) is 0 Å². The van der Waals surface area contributed by atoms with Gasteiger partial charge in [0.25, 0.3) is 0 Å². The quantitative estimate of drug-likeness (QED) is 0.796. The molecule has 1 heterocycles. The number of nitrogens with one attached hydrogen (secondary N) is 1. The normalized spacial score (nSPS) is 16.1. The second-order valence-corrected chi connectivity index (χ2v) is 4.05. The van der Waals surface area contributed by atoms with E-state index in [0.717, 1.165) is 6.07 Å². The molecular weight excluding hydrogens is 226 g/mol. The molecule has 92 valence electrons. The zero-order valence-corrected chi connectivity index (χ0v) is 9.59. The summed E-state index contributed by atoms with van der Waals surface area (Å²) in [4.78, 5) is 12.9. The van der Waals surface area contributed by atoms with Gasteiger partial charge in [0.2, 0.25) is 0 Å². The van der Waals surface area contributed by atoms with Crippen LogP contribution in [0.15, 0.2) is 12.1 Å². The Kier molecular flexibility index (Phi) is 3.38.